The van der Waals surface area contributed by atoms with Crippen LogP contribution in [0.5, 0.6) is 0 Å². The van der Waals surface area contributed by atoms with E-state index >= 15 is 0 Å². The van der Waals surface area contributed by atoms with Gasteiger partial charge in [0.05, 0.1) is 6.61 Å². The molecule has 3 aliphatic rings. The van der Waals surface area contributed by atoms with Crippen molar-refractivity contribution in [3.63, 3.8) is 0 Å². The summed E-state index contributed by atoms with van der Waals surface area (Å²) in [6.45, 7) is 1.36. The quantitative estimate of drug-likeness (QED) is 0.485. The van der Waals surface area contributed by atoms with Crippen LogP contribution in [-0.4, -0.2) is 28.9 Å². The molecule has 4 heteroatoms. The number of hydrogen-bond donors (Lipinski definition) is 0. The molecule has 32 heavy (non-hydrogen) atoms. The van der Waals surface area contributed by atoms with Gasteiger partial charge >= 0.3 is 8.56 Å². The molecule has 1 fully saturated rings. The molecule has 2 heterocycles. The fraction of sp³-hybridized carbons (Fsp3) is 0.429. The lowest BCUT2D eigenvalue weighted by molar-refractivity contribution is 0.0449. The number of benzene rings is 2. The van der Waals surface area contributed by atoms with Crippen LogP contribution in [0, 0.1) is 0 Å². The minimum Gasteiger partial charge on any atom is -0.390 e. The van der Waals surface area contributed by atoms with Gasteiger partial charge in [0.15, 0.2) is 0 Å². The standard InChI is InChI=1S/C28H34O3Si/c1-29-22-23-12-11-21-30-32(26-17-8-9-18-26)27(23)19-10-20-28(31-32,24-13-4-2-5-14-24)25-15-6-3-7-16-25/h2-7,12-16,19,26H,8-11,17-18,20-22H2,1H3. The third kappa shape index (κ3) is 3.84. The molecule has 168 valence electrons. The van der Waals surface area contributed by atoms with Gasteiger partial charge in [-0.15, -0.1) is 0 Å². The highest BCUT2D eigenvalue weighted by molar-refractivity contribution is 6.77. The summed E-state index contributed by atoms with van der Waals surface area (Å²) in [5.74, 6) is 0. The second-order valence-corrected chi connectivity index (χ2v) is 12.4. The lowest BCUT2D eigenvalue weighted by atomic mass is 9.82. The summed E-state index contributed by atoms with van der Waals surface area (Å²) in [6.07, 6.45) is 12.5. The molecule has 0 saturated heterocycles. The molecule has 1 saturated carbocycles. The van der Waals surface area contributed by atoms with Crippen LogP contribution in [-0.2, 0) is 19.2 Å². The normalized spacial score (nSPS) is 25.9. The molecular formula is C28H34O3Si. The van der Waals surface area contributed by atoms with Crippen molar-refractivity contribution in [2.24, 2.45) is 0 Å². The van der Waals surface area contributed by atoms with Crippen molar-refractivity contribution in [2.75, 3.05) is 20.3 Å². The van der Waals surface area contributed by atoms with Crippen molar-refractivity contribution in [3.8, 4) is 0 Å². The molecule has 0 N–H and O–H groups in total. The molecule has 2 aliphatic heterocycles. The van der Waals surface area contributed by atoms with Gasteiger partial charge in [0.1, 0.15) is 5.60 Å². The molecular weight excluding hydrogens is 412 g/mol. The van der Waals surface area contributed by atoms with Crippen LogP contribution in [0.25, 0.3) is 0 Å². The van der Waals surface area contributed by atoms with Gasteiger partial charge in [-0.25, -0.2) is 0 Å². The van der Waals surface area contributed by atoms with Gasteiger partial charge in [0.2, 0.25) is 0 Å². The Morgan fingerprint density at radius 2 is 1.56 bits per heavy atom. The lowest BCUT2D eigenvalue weighted by Crippen LogP contribution is -2.54. The molecule has 0 spiro atoms. The van der Waals surface area contributed by atoms with Crippen molar-refractivity contribution in [1.29, 1.82) is 0 Å². The van der Waals surface area contributed by atoms with E-state index in [1.165, 1.54) is 47.6 Å². The van der Waals surface area contributed by atoms with Crippen LogP contribution in [0.2, 0.25) is 5.54 Å². The molecule has 1 aliphatic carbocycles. The predicted octanol–water partition coefficient (Wildman–Crippen LogP) is 6.59. The zero-order valence-electron chi connectivity index (χ0n) is 19.1. The van der Waals surface area contributed by atoms with E-state index < -0.39 is 14.2 Å². The highest BCUT2D eigenvalue weighted by atomic mass is 28.4. The topological polar surface area (TPSA) is 27.7 Å². The lowest BCUT2D eigenvalue weighted by Gasteiger charge is -2.45. The maximum atomic E-state index is 7.66. The highest BCUT2D eigenvalue weighted by Crippen LogP contribution is 2.53. The first-order chi connectivity index (χ1) is 15.8. The molecule has 2 aromatic rings. The number of rotatable bonds is 5. The summed E-state index contributed by atoms with van der Waals surface area (Å²) in [7, 11) is -0.962. The average molecular weight is 447 g/mol. The molecule has 0 bridgehead atoms. The summed E-state index contributed by atoms with van der Waals surface area (Å²) >= 11 is 0. The Balaban J connectivity index is 1.70. The third-order valence-electron chi connectivity index (χ3n) is 7.39. The summed E-state index contributed by atoms with van der Waals surface area (Å²) in [5, 5.41) is 1.34. The Labute approximate surface area is 193 Å². The predicted molar refractivity (Wildman–Crippen MR) is 131 cm³/mol. The highest BCUT2D eigenvalue weighted by Gasteiger charge is 2.57. The van der Waals surface area contributed by atoms with Crippen LogP contribution in [0.4, 0.5) is 0 Å². The van der Waals surface area contributed by atoms with Crippen molar-refractivity contribution in [3.05, 3.63) is 94.7 Å². The Kier molecular flexibility index (Phi) is 6.47. The van der Waals surface area contributed by atoms with Gasteiger partial charge in [-0.3, -0.25) is 0 Å². The van der Waals surface area contributed by atoms with E-state index in [2.05, 4.69) is 72.8 Å². The summed E-state index contributed by atoms with van der Waals surface area (Å²) in [4.78, 5) is 0. The van der Waals surface area contributed by atoms with Gasteiger partial charge in [0.25, 0.3) is 0 Å². The Hall–Kier alpha value is -1.98. The SMILES string of the molecule is COCC1=CCCO[Si]2(C3CCCC3)OC(c3ccccc3)(c3ccccc3)CCC=C12. The van der Waals surface area contributed by atoms with Crippen LogP contribution >= 0.6 is 0 Å². The summed E-state index contributed by atoms with van der Waals surface area (Å²) < 4.78 is 20.3. The fourth-order valence-corrected chi connectivity index (χ4v) is 10.6. The Bertz CT molecular complexity index is 923. The van der Waals surface area contributed by atoms with Crippen molar-refractivity contribution >= 4 is 8.56 Å². The molecule has 0 amide bonds. The second-order valence-electron chi connectivity index (χ2n) is 9.27. The van der Waals surface area contributed by atoms with Crippen LogP contribution in [0.15, 0.2) is 83.6 Å². The zero-order valence-corrected chi connectivity index (χ0v) is 20.1. The van der Waals surface area contributed by atoms with Crippen molar-refractivity contribution in [1.82, 2.24) is 0 Å². The van der Waals surface area contributed by atoms with Crippen LogP contribution in [0.3, 0.4) is 0 Å². The smallest absolute Gasteiger partial charge is 0.376 e. The van der Waals surface area contributed by atoms with E-state index in [1.54, 1.807) is 7.11 Å². The second kappa shape index (κ2) is 9.48. The van der Waals surface area contributed by atoms with Gasteiger partial charge < -0.3 is 13.6 Å². The molecule has 1 atom stereocenters. The minimum atomic E-state index is -2.76. The monoisotopic (exact) mass is 446 g/mol. The molecule has 5 rings (SSSR count). The van der Waals surface area contributed by atoms with Gasteiger partial charge in [0, 0.05) is 19.3 Å². The molecule has 1 unspecified atom stereocenters. The zero-order chi connectivity index (χ0) is 21.9. The Morgan fingerprint density at radius 3 is 2.19 bits per heavy atom. The van der Waals surface area contributed by atoms with Crippen molar-refractivity contribution in [2.45, 2.75) is 56.1 Å². The third-order valence-corrected chi connectivity index (χ3v) is 11.6. The Morgan fingerprint density at radius 1 is 0.906 bits per heavy atom. The van der Waals surface area contributed by atoms with E-state index in [0.29, 0.717) is 12.1 Å². The van der Waals surface area contributed by atoms with Gasteiger partial charge in [-0.2, -0.15) is 0 Å². The van der Waals surface area contributed by atoms with E-state index in [0.717, 1.165) is 25.9 Å². The van der Waals surface area contributed by atoms with E-state index in [1.807, 2.05) is 0 Å². The van der Waals surface area contributed by atoms with Crippen LogP contribution < -0.4 is 0 Å². The van der Waals surface area contributed by atoms with E-state index in [4.69, 9.17) is 13.6 Å². The molecule has 0 aromatic heterocycles. The number of fused-ring (bicyclic) bond motifs is 1. The first-order valence-corrected chi connectivity index (χ1v) is 14.0. The average Bonchev–Trinajstić information content (AvgIpc) is 3.26. The largest absolute Gasteiger partial charge is 0.390 e. The van der Waals surface area contributed by atoms with Crippen molar-refractivity contribution < 1.29 is 13.6 Å². The first-order valence-electron chi connectivity index (χ1n) is 12.1. The maximum absolute atomic E-state index is 7.66. The van der Waals surface area contributed by atoms with Gasteiger partial charge in [-0.05, 0) is 54.0 Å². The first kappa shape index (κ1) is 21.8. The van der Waals surface area contributed by atoms with Gasteiger partial charge in [-0.1, -0.05) is 85.7 Å². The number of hydrogen-bond acceptors (Lipinski definition) is 3. The number of ether oxygens (including phenoxy) is 1. The molecule has 3 nitrogen and oxygen atoms in total. The van der Waals surface area contributed by atoms with E-state index in [-0.39, 0.29) is 0 Å². The van der Waals surface area contributed by atoms with Crippen LogP contribution in [0.1, 0.15) is 56.1 Å². The summed E-state index contributed by atoms with van der Waals surface area (Å²) in [6, 6.07) is 21.7. The number of allylic oxidation sites excluding steroid dienone is 1. The maximum Gasteiger partial charge on any atom is 0.376 e. The minimum absolute atomic E-state index is 0.483. The molecule has 2 aromatic carbocycles. The fourth-order valence-electron chi connectivity index (χ4n) is 5.95. The number of methoxy groups -OCH3 is 1. The molecule has 0 radical (unpaired) electrons. The summed E-state index contributed by atoms with van der Waals surface area (Å²) in [5.41, 5.74) is 3.74. The van der Waals surface area contributed by atoms with E-state index in [9.17, 15) is 0 Å².